The monoisotopic (exact) mass is 379 g/mol. The highest BCUT2D eigenvalue weighted by molar-refractivity contribution is 5.65. The summed E-state index contributed by atoms with van der Waals surface area (Å²) in [6, 6.07) is -0.338. The van der Waals surface area contributed by atoms with Crippen molar-refractivity contribution in [1.82, 2.24) is 24.5 Å². The lowest BCUT2D eigenvalue weighted by Crippen LogP contribution is -2.33. The van der Waals surface area contributed by atoms with Crippen molar-refractivity contribution >= 4 is 5.97 Å². The third-order valence-electron chi connectivity index (χ3n) is 4.23. The number of nitrogens with zero attached hydrogens (tertiary/aromatic N) is 4. The van der Waals surface area contributed by atoms with Crippen molar-refractivity contribution < 1.29 is 19.0 Å². The van der Waals surface area contributed by atoms with E-state index in [2.05, 4.69) is 15.3 Å². The highest BCUT2D eigenvalue weighted by Gasteiger charge is 2.39. The molecule has 2 aromatic rings. The Kier molecular flexibility index (Phi) is 5.40. The van der Waals surface area contributed by atoms with Crippen LogP contribution < -0.4 is 16.0 Å². The van der Waals surface area contributed by atoms with Crippen LogP contribution in [0.5, 0.6) is 5.88 Å². The first kappa shape index (κ1) is 18.8. The maximum atomic E-state index is 12.2. The average Bonchev–Trinajstić information content (AvgIpc) is 3.23. The van der Waals surface area contributed by atoms with E-state index < -0.39 is 29.6 Å². The fraction of sp³-hybridized carbons (Fsp3) is 0.562. The van der Waals surface area contributed by atoms with E-state index in [-0.39, 0.29) is 12.6 Å². The molecule has 3 heterocycles. The van der Waals surface area contributed by atoms with Gasteiger partial charge in [-0.25, -0.2) is 9.48 Å². The summed E-state index contributed by atoms with van der Waals surface area (Å²) in [5.74, 6) is -0.0734. The zero-order chi connectivity index (χ0) is 19.6. The second-order valence-corrected chi connectivity index (χ2v) is 6.18. The number of carbonyl (C=O) groups excluding carboxylic acids is 1. The Labute approximate surface area is 153 Å². The van der Waals surface area contributed by atoms with Crippen LogP contribution in [0.25, 0.3) is 0 Å². The van der Waals surface area contributed by atoms with Crippen LogP contribution in [-0.4, -0.2) is 49.8 Å². The highest BCUT2D eigenvalue weighted by atomic mass is 16.6. The topological polar surface area (TPSA) is 130 Å². The van der Waals surface area contributed by atoms with Gasteiger partial charge >= 0.3 is 11.7 Å². The molecule has 27 heavy (non-hydrogen) atoms. The van der Waals surface area contributed by atoms with E-state index in [1.54, 1.807) is 17.8 Å². The Morgan fingerprint density at radius 3 is 2.89 bits per heavy atom. The maximum absolute atomic E-state index is 12.2. The van der Waals surface area contributed by atoms with Gasteiger partial charge in [-0.2, -0.15) is 0 Å². The lowest BCUT2D eigenvalue weighted by Gasteiger charge is -2.17. The number of H-pyrrole nitrogens is 1. The number of aryl methyl sites for hydroxylation is 1. The lowest BCUT2D eigenvalue weighted by molar-refractivity contribution is -0.146. The molecule has 3 rings (SSSR count). The molecule has 3 atom stereocenters. The van der Waals surface area contributed by atoms with Crippen molar-refractivity contribution in [3.05, 3.63) is 38.8 Å². The Hall–Kier alpha value is -2.95. The number of aromatic nitrogens is 5. The summed E-state index contributed by atoms with van der Waals surface area (Å²) >= 11 is 0. The molecule has 0 spiro atoms. The molecule has 11 heteroatoms. The third kappa shape index (κ3) is 4.08. The predicted octanol–water partition coefficient (Wildman–Crippen LogP) is -0.0729. The Bertz CT molecular complexity index is 932. The minimum Gasteiger partial charge on any atom is -0.476 e. The number of rotatable bonds is 6. The second-order valence-electron chi connectivity index (χ2n) is 6.18. The van der Waals surface area contributed by atoms with Gasteiger partial charge in [0.1, 0.15) is 18.9 Å². The van der Waals surface area contributed by atoms with Crippen LogP contribution >= 0.6 is 0 Å². The van der Waals surface area contributed by atoms with E-state index in [9.17, 15) is 14.4 Å². The molecule has 1 N–H and O–H groups in total. The number of hydrogen-bond donors (Lipinski definition) is 1. The van der Waals surface area contributed by atoms with Crippen LogP contribution in [0.4, 0.5) is 0 Å². The summed E-state index contributed by atoms with van der Waals surface area (Å²) in [7, 11) is 0. The zero-order valence-electron chi connectivity index (χ0n) is 15.2. The van der Waals surface area contributed by atoms with Gasteiger partial charge in [-0.1, -0.05) is 10.3 Å². The Balaban J connectivity index is 1.88. The molecule has 146 valence electrons. The molecule has 0 saturated carbocycles. The van der Waals surface area contributed by atoms with Crippen molar-refractivity contribution in [3.8, 4) is 5.88 Å². The molecule has 0 amide bonds. The molecule has 1 aliphatic heterocycles. The highest BCUT2D eigenvalue weighted by Crippen LogP contribution is 2.36. The minimum absolute atomic E-state index is 0.00257. The normalized spacial score (nSPS) is 22.0. The van der Waals surface area contributed by atoms with Crippen LogP contribution in [0.1, 0.15) is 38.1 Å². The summed E-state index contributed by atoms with van der Waals surface area (Å²) in [5, 5.41) is 7.98. The maximum Gasteiger partial charge on any atom is 0.330 e. The molecule has 0 aliphatic carbocycles. The Morgan fingerprint density at radius 1 is 1.41 bits per heavy atom. The number of carbonyl (C=O) groups is 1. The van der Waals surface area contributed by atoms with Crippen molar-refractivity contribution in [3.63, 3.8) is 0 Å². The number of hydrogen-bond acceptors (Lipinski definition) is 8. The molecule has 0 bridgehead atoms. The first-order chi connectivity index (χ1) is 12.9. The van der Waals surface area contributed by atoms with Crippen LogP contribution in [-0.2, 0) is 14.3 Å². The number of esters is 1. The largest absolute Gasteiger partial charge is 0.476 e. The van der Waals surface area contributed by atoms with Gasteiger partial charge in [0.2, 0.25) is 0 Å². The molecule has 0 aromatic carbocycles. The molecular weight excluding hydrogens is 358 g/mol. The smallest absolute Gasteiger partial charge is 0.330 e. The Morgan fingerprint density at radius 2 is 2.19 bits per heavy atom. The summed E-state index contributed by atoms with van der Waals surface area (Å²) in [6.45, 7) is 5.19. The van der Waals surface area contributed by atoms with Gasteiger partial charge in [-0.3, -0.25) is 19.1 Å². The average molecular weight is 379 g/mol. The van der Waals surface area contributed by atoms with Crippen molar-refractivity contribution in [1.29, 1.82) is 0 Å². The van der Waals surface area contributed by atoms with Gasteiger partial charge in [0.25, 0.3) is 11.4 Å². The first-order valence-corrected chi connectivity index (χ1v) is 8.54. The molecule has 11 nitrogen and oxygen atoms in total. The van der Waals surface area contributed by atoms with Gasteiger partial charge in [0, 0.05) is 25.1 Å². The van der Waals surface area contributed by atoms with Crippen LogP contribution in [0.3, 0.4) is 0 Å². The standard InChI is InChI=1S/C16H21N5O6/c1-4-25-13-7-21(19-18-13)11-5-14(27-12(11)8-26-10(3)22)20-6-9(2)15(23)17-16(20)24/h6-7,11-12,14H,4-5,8H2,1-3H3,(H,17,23,24)/t11-,12+,14+/m0/s1. The summed E-state index contributed by atoms with van der Waals surface area (Å²) in [5.41, 5.74) is -0.631. The van der Waals surface area contributed by atoms with E-state index in [4.69, 9.17) is 14.2 Å². The minimum atomic E-state index is -0.654. The quantitative estimate of drug-likeness (QED) is 0.690. The molecule has 1 saturated heterocycles. The van der Waals surface area contributed by atoms with Gasteiger partial charge in [-0.05, 0) is 13.8 Å². The van der Waals surface area contributed by atoms with E-state index in [0.29, 0.717) is 24.5 Å². The number of ether oxygens (including phenoxy) is 3. The van der Waals surface area contributed by atoms with Gasteiger partial charge in [-0.15, -0.1) is 0 Å². The van der Waals surface area contributed by atoms with Crippen LogP contribution in [0.2, 0.25) is 0 Å². The van der Waals surface area contributed by atoms with E-state index >= 15 is 0 Å². The molecule has 0 radical (unpaired) electrons. The SMILES string of the molecule is CCOc1cn([C@H]2C[C@H](n3cc(C)c(=O)[nH]c3=O)O[C@@H]2COC(C)=O)nn1. The zero-order valence-corrected chi connectivity index (χ0v) is 15.2. The van der Waals surface area contributed by atoms with Gasteiger partial charge in [0.15, 0.2) is 0 Å². The van der Waals surface area contributed by atoms with Crippen molar-refractivity contribution in [2.24, 2.45) is 0 Å². The predicted molar refractivity (Wildman–Crippen MR) is 91.4 cm³/mol. The van der Waals surface area contributed by atoms with Crippen molar-refractivity contribution in [2.75, 3.05) is 13.2 Å². The summed E-state index contributed by atoms with van der Waals surface area (Å²) in [6.07, 6.45) is 2.24. The van der Waals surface area contributed by atoms with Crippen LogP contribution in [0, 0.1) is 6.92 Å². The van der Waals surface area contributed by atoms with Crippen molar-refractivity contribution in [2.45, 2.75) is 45.6 Å². The molecule has 1 aliphatic rings. The molecular formula is C16H21N5O6. The first-order valence-electron chi connectivity index (χ1n) is 8.54. The van der Waals surface area contributed by atoms with Gasteiger partial charge < -0.3 is 14.2 Å². The summed E-state index contributed by atoms with van der Waals surface area (Å²) < 4.78 is 19.2. The fourth-order valence-corrected chi connectivity index (χ4v) is 2.95. The molecule has 2 aromatic heterocycles. The van der Waals surface area contributed by atoms with Gasteiger partial charge in [0.05, 0.1) is 18.8 Å². The van der Waals surface area contributed by atoms with Crippen LogP contribution in [0.15, 0.2) is 22.0 Å². The fourth-order valence-electron chi connectivity index (χ4n) is 2.95. The number of aromatic amines is 1. The second kappa shape index (κ2) is 7.74. The lowest BCUT2D eigenvalue weighted by atomic mass is 10.1. The summed E-state index contributed by atoms with van der Waals surface area (Å²) in [4.78, 5) is 37.2. The van der Waals surface area contributed by atoms with E-state index in [1.165, 1.54) is 17.7 Å². The molecule has 0 unspecified atom stereocenters. The van der Waals surface area contributed by atoms with E-state index in [1.807, 2.05) is 6.92 Å². The number of nitrogens with one attached hydrogen (secondary N) is 1. The third-order valence-corrected chi connectivity index (χ3v) is 4.23. The van der Waals surface area contributed by atoms with E-state index in [0.717, 1.165) is 0 Å². The molecule has 1 fully saturated rings.